The fraction of sp³-hybridized carbons (Fsp3) is 0.644. The topological polar surface area (TPSA) is 322 Å². The number of esters is 2. The maximum absolute atomic E-state index is 12.5. The summed E-state index contributed by atoms with van der Waals surface area (Å²) in [5, 5.41) is 12.4. The van der Waals surface area contributed by atoms with Gasteiger partial charge in [-0.2, -0.15) is 0 Å². The number of piperazine rings is 1. The Balaban J connectivity index is 0.00000107. The monoisotopic (exact) mass is 998 g/mol. The Morgan fingerprint density at radius 3 is 1.50 bits per heavy atom. The number of nitrogens with two attached hydrogens (primary N) is 1. The van der Waals surface area contributed by atoms with Crippen molar-refractivity contribution in [1.29, 1.82) is 0 Å². The molecule has 25 heteroatoms. The lowest BCUT2D eigenvalue weighted by Crippen LogP contribution is -2.53. The molecule has 1 aliphatic heterocycles. The van der Waals surface area contributed by atoms with Crippen molar-refractivity contribution in [3.63, 3.8) is 0 Å². The number of carbonyl (C=O) groups is 10. The van der Waals surface area contributed by atoms with Crippen molar-refractivity contribution in [3.8, 4) is 0 Å². The van der Waals surface area contributed by atoms with Crippen LogP contribution < -0.4 is 32.3 Å². The van der Waals surface area contributed by atoms with Crippen LogP contribution >= 0.6 is 0 Å². The van der Waals surface area contributed by atoms with Crippen molar-refractivity contribution in [2.45, 2.75) is 99.6 Å². The molecule has 1 saturated heterocycles. The van der Waals surface area contributed by atoms with Crippen molar-refractivity contribution >= 4 is 59.9 Å². The summed E-state index contributed by atoms with van der Waals surface area (Å²) in [6.45, 7) is 19.4. The molecule has 70 heavy (non-hydrogen) atoms. The van der Waals surface area contributed by atoms with Crippen LogP contribution in [0.1, 0.15) is 81.7 Å². The van der Waals surface area contributed by atoms with Crippen LogP contribution in [0.5, 0.6) is 0 Å². The summed E-state index contributed by atoms with van der Waals surface area (Å²) in [5.74, 6) is -2.38. The number of rotatable bonds is 20. The van der Waals surface area contributed by atoms with Crippen LogP contribution in [0, 0.1) is 0 Å². The van der Waals surface area contributed by atoms with Crippen LogP contribution in [0.4, 0.5) is 19.2 Å². The first kappa shape index (κ1) is 63.1. The van der Waals surface area contributed by atoms with Crippen LogP contribution in [0.2, 0.25) is 0 Å². The summed E-state index contributed by atoms with van der Waals surface area (Å²) in [6, 6.07) is 9.09. The number of alkyl carbamates (subject to hydrolysis) is 4. The van der Waals surface area contributed by atoms with Gasteiger partial charge in [-0.15, -0.1) is 0 Å². The van der Waals surface area contributed by atoms with Gasteiger partial charge in [0.15, 0.2) is 0 Å². The molecule has 7 N–H and O–H groups in total. The first-order chi connectivity index (χ1) is 32.6. The minimum Gasteiger partial charge on any atom is -0.465 e. The molecule has 0 saturated carbocycles. The Hall–Kier alpha value is -6.92. The summed E-state index contributed by atoms with van der Waals surface area (Å²) < 4.78 is 29.9. The van der Waals surface area contributed by atoms with Crippen molar-refractivity contribution in [3.05, 3.63) is 35.9 Å². The fourth-order valence-electron chi connectivity index (χ4n) is 5.10. The van der Waals surface area contributed by atoms with E-state index < -0.39 is 64.9 Å². The maximum atomic E-state index is 12.5. The molecule has 0 radical (unpaired) electrons. The third-order valence-electron chi connectivity index (χ3n) is 8.00. The lowest BCUT2D eigenvalue weighted by atomic mass is 10.2. The summed E-state index contributed by atoms with van der Waals surface area (Å²) in [7, 11) is 0. The molecule has 1 heterocycles. The molecule has 8 amide bonds. The predicted octanol–water partition coefficient (Wildman–Crippen LogP) is 1.16. The van der Waals surface area contributed by atoms with Gasteiger partial charge in [0.2, 0.25) is 23.6 Å². The number of hydrogen-bond donors (Lipinski definition) is 6. The molecule has 25 nitrogen and oxygen atoms in total. The normalized spacial score (nSPS) is 12.1. The van der Waals surface area contributed by atoms with E-state index in [9.17, 15) is 47.9 Å². The van der Waals surface area contributed by atoms with Gasteiger partial charge >= 0.3 is 36.3 Å². The van der Waals surface area contributed by atoms with E-state index >= 15 is 0 Å². The third-order valence-corrected chi connectivity index (χ3v) is 8.00. The van der Waals surface area contributed by atoms with Crippen molar-refractivity contribution in [1.82, 2.24) is 41.3 Å². The van der Waals surface area contributed by atoms with Crippen molar-refractivity contribution in [2.75, 3.05) is 91.8 Å². The number of ether oxygens (including phenoxy) is 6. The van der Waals surface area contributed by atoms with Crippen LogP contribution in [-0.4, -0.2) is 183 Å². The highest BCUT2D eigenvalue weighted by molar-refractivity contribution is 5.92. The Kier molecular flexibility index (Phi) is 29.5. The van der Waals surface area contributed by atoms with Gasteiger partial charge in [0.25, 0.3) is 0 Å². The molecule has 0 aromatic heterocycles. The second-order valence-corrected chi connectivity index (χ2v) is 17.7. The maximum Gasteiger partial charge on any atom is 0.407 e. The van der Waals surface area contributed by atoms with E-state index in [0.717, 1.165) is 5.56 Å². The van der Waals surface area contributed by atoms with E-state index in [0.29, 0.717) is 6.54 Å². The molecule has 2 rings (SSSR count). The van der Waals surface area contributed by atoms with Crippen LogP contribution in [0.15, 0.2) is 30.3 Å². The van der Waals surface area contributed by atoms with Crippen LogP contribution in [-0.2, 0) is 63.8 Å². The first-order valence-corrected chi connectivity index (χ1v) is 22.5. The average Bonchev–Trinajstić information content (AvgIpc) is 3.24. The lowest BCUT2D eigenvalue weighted by molar-refractivity contribution is -0.148. The molecule has 396 valence electrons. The number of hydrogen-bond acceptors (Lipinski definition) is 17. The van der Waals surface area contributed by atoms with Gasteiger partial charge < -0.3 is 75.4 Å². The van der Waals surface area contributed by atoms with Gasteiger partial charge in [0.1, 0.15) is 43.0 Å². The number of amides is 8. The molecule has 0 spiro atoms. The SMILES string of the molecule is CC(C)(C)OC(=O)NCCN1CC(=O)NCC1=O.CCOC(=O)CN(CCNC(=O)OC(C)(C)C)C(=O)CN.CCOC(=O)CN(CCNC(=O)OC(C)(C)C)C(=O)CNC(=O)OCc1ccccc1. The Bertz CT molecular complexity index is 1850. The quantitative estimate of drug-likeness (QED) is 0.0789. The molecular formula is C45H75N9O16. The second-order valence-electron chi connectivity index (χ2n) is 17.7. The Morgan fingerprint density at radius 2 is 1.07 bits per heavy atom. The second kappa shape index (κ2) is 32.8. The highest BCUT2D eigenvalue weighted by Gasteiger charge is 2.24. The average molecular weight is 998 g/mol. The molecule has 1 aliphatic rings. The molecule has 0 bridgehead atoms. The molecule has 1 fully saturated rings. The van der Waals surface area contributed by atoms with E-state index in [1.807, 2.05) is 18.2 Å². The largest absolute Gasteiger partial charge is 0.465 e. The lowest BCUT2D eigenvalue weighted by Gasteiger charge is -2.26. The number of nitrogens with zero attached hydrogens (tertiary/aromatic N) is 3. The predicted molar refractivity (Wildman–Crippen MR) is 252 cm³/mol. The summed E-state index contributed by atoms with van der Waals surface area (Å²) in [5.41, 5.74) is 4.28. The van der Waals surface area contributed by atoms with E-state index in [1.165, 1.54) is 14.7 Å². The molecule has 0 unspecified atom stereocenters. The first-order valence-electron chi connectivity index (χ1n) is 22.5. The number of nitrogens with one attached hydrogen (secondary N) is 5. The molecule has 1 aromatic rings. The zero-order chi connectivity index (χ0) is 53.5. The smallest absolute Gasteiger partial charge is 0.407 e. The fourth-order valence-corrected chi connectivity index (χ4v) is 5.10. The Labute approximate surface area is 409 Å². The summed E-state index contributed by atoms with van der Waals surface area (Å²) in [6.07, 6.45) is -2.52. The highest BCUT2D eigenvalue weighted by Crippen LogP contribution is 2.08. The van der Waals surface area contributed by atoms with Crippen LogP contribution in [0.3, 0.4) is 0 Å². The van der Waals surface area contributed by atoms with Gasteiger partial charge in [-0.25, -0.2) is 19.2 Å². The van der Waals surface area contributed by atoms with E-state index in [2.05, 4.69) is 26.6 Å². The summed E-state index contributed by atoms with van der Waals surface area (Å²) in [4.78, 5) is 120. The van der Waals surface area contributed by atoms with Crippen molar-refractivity contribution in [2.24, 2.45) is 5.73 Å². The minimum atomic E-state index is -0.764. The standard InChI is InChI=1S/C21H31N3O7.C13H25N3O5.C11H19N3O4/c1-5-29-18(26)14-24(12-11-22-20(28)31-21(2,3)4)17(25)13-23-19(27)30-15-16-9-7-6-8-10-16;1-5-20-11(18)9-16(10(17)8-14)7-6-15-12(19)21-13(2,3)4;1-11(2,3)18-10(17)12-4-5-14-7-8(15)13-6-9(14)16/h6-10H,5,11-15H2,1-4H3,(H,22,28)(H,23,27);5-9,14H2,1-4H3,(H,15,19);4-7H2,1-3H3,(H,12,17)(H,13,15). The zero-order valence-corrected chi connectivity index (χ0v) is 42.4. The third kappa shape index (κ3) is 33.5. The minimum absolute atomic E-state index is 0.0191. The summed E-state index contributed by atoms with van der Waals surface area (Å²) >= 11 is 0. The van der Waals surface area contributed by atoms with Gasteiger partial charge in [0, 0.05) is 39.3 Å². The van der Waals surface area contributed by atoms with Crippen molar-refractivity contribution < 1.29 is 76.4 Å². The molecule has 1 aromatic carbocycles. The number of carbonyl (C=O) groups excluding carboxylic acids is 10. The van der Waals surface area contributed by atoms with Gasteiger partial charge in [0.05, 0.1) is 32.8 Å². The van der Waals surface area contributed by atoms with Gasteiger partial charge in [-0.1, -0.05) is 30.3 Å². The van der Waals surface area contributed by atoms with E-state index in [1.54, 1.807) is 88.3 Å². The number of benzene rings is 1. The van der Waals surface area contributed by atoms with Gasteiger partial charge in [-0.3, -0.25) is 28.8 Å². The van der Waals surface area contributed by atoms with Crippen LogP contribution in [0.25, 0.3) is 0 Å². The molecule has 0 aliphatic carbocycles. The molecular weight excluding hydrogens is 923 g/mol. The highest BCUT2D eigenvalue weighted by atomic mass is 16.6. The zero-order valence-electron chi connectivity index (χ0n) is 42.4. The van der Waals surface area contributed by atoms with E-state index in [4.69, 9.17) is 34.2 Å². The van der Waals surface area contributed by atoms with E-state index in [-0.39, 0.29) is 104 Å². The van der Waals surface area contributed by atoms with Gasteiger partial charge in [-0.05, 0) is 81.7 Å². The molecule has 0 atom stereocenters. The Morgan fingerprint density at radius 1 is 0.629 bits per heavy atom.